The summed E-state index contributed by atoms with van der Waals surface area (Å²) in [5.41, 5.74) is 0. The monoisotopic (exact) mass is 260 g/mol. The number of ether oxygens (including phenoxy) is 4. The fraction of sp³-hybridized carbons (Fsp3) is 0.857. The summed E-state index contributed by atoms with van der Waals surface area (Å²) in [5, 5.41) is 0. The van der Waals surface area contributed by atoms with Gasteiger partial charge >= 0.3 is 0 Å². The van der Waals surface area contributed by atoms with Gasteiger partial charge in [-0.25, -0.2) is 0 Å². The Bertz CT molecular complexity index is 186. The van der Waals surface area contributed by atoms with Gasteiger partial charge in [0.25, 0.3) is 0 Å². The van der Waals surface area contributed by atoms with Crippen molar-refractivity contribution >= 4 is 0 Å². The fourth-order valence-corrected chi connectivity index (χ4v) is 1.71. The van der Waals surface area contributed by atoms with Crippen LogP contribution in [0.4, 0.5) is 0 Å². The van der Waals surface area contributed by atoms with Gasteiger partial charge in [-0.2, -0.15) is 0 Å². The van der Waals surface area contributed by atoms with Crippen molar-refractivity contribution in [1.29, 1.82) is 0 Å². The molecule has 4 nitrogen and oxygen atoms in total. The maximum atomic E-state index is 5.13. The Hall–Kier alpha value is -0.420. The van der Waals surface area contributed by atoms with Crippen LogP contribution in [0.2, 0.25) is 0 Å². The number of hydrogen-bond acceptors (Lipinski definition) is 4. The molecule has 0 aliphatic heterocycles. The molecule has 0 aromatic heterocycles. The van der Waals surface area contributed by atoms with E-state index in [1.807, 2.05) is 0 Å². The number of methoxy groups -OCH3 is 4. The number of allylic oxidation sites excluding steroid dienone is 2. The predicted molar refractivity (Wildman–Crippen MR) is 72.5 cm³/mol. The van der Waals surface area contributed by atoms with Gasteiger partial charge in [0.15, 0.2) is 12.6 Å². The third kappa shape index (κ3) is 9.59. The normalized spacial score (nSPS) is 12.1. The molecule has 0 heterocycles. The summed E-state index contributed by atoms with van der Waals surface area (Å²) in [6.07, 6.45) is 10.5. The minimum Gasteiger partial charge on any atom is -0.356 e. The zero-order chi connectivity index (χ0) is 13.6. The molecule has 0 aliphatic rings. The zero-order valence-electron chi connectivity index (χ0n) is 12.2. The van der Waals surface area contributed by atoms with Gasteiger partial charge in [-0.15, -0.1) is 0 Å². The summed E-state index contributed by atoms with van der Waals surface area (Å²) in [7, 11) is 6.69. The Kier molecular flexibility index (Phi) is 12.7. The third-order valence-electron chi connectivity index (χ3n) is 2.85. The van der Waals surface area contributed by atoms with Gasteiger partial charge in [-0.1, -0.05) is 12.2 Å². The van der Waals surface area contributed by atoms with Crippen LogP contribution >= 0.6 is 0 Å². The van der Waals surface area contributed by atoms with E-state index >= 15 is 0 Å². The molecule has 0 saturated heterocycles. The van der Waals surface area contributed by atoms with E-state index in [2.05, 4.69) is 12.2 Å². The number of hydrogen-bond donors (Lipinski definition) is 0. The highest BCUT2D eigenvalue weighted by atomic mass is 16.7. The first kappa shape index (κ1) is 17.6. The van der Waals surface area contributed by atoms with Crippen LogP contribution in [0.25, 0.3) is 0 Å². The molecule has 108 valence electrons. The van der Waals surface area contributed by atoms with Crippen molar-refractivity contribution < 1.29 is 18.9 Å². The van der Waals surface area contributed by atoms with Gasteiger partial charge in [0.1, 0.15) is 0 Å². The average molecular weight is 260 g/mol. The maximum absolute atomic E-state index is 5.13. The lowest BCUT2D eigenvalue weighted by Crippen LogP contribution is -2.12. The van der Waals surface area contributed by atoms with Crippen LogP contribution in [0.15, 0.2) is 12.2 Å². The molecule has 0 atom stereocenters. The average Bonchev–Trinajstić information content (AvgIpc) is 2.41. The van der Waals surface area contributed by atoms with Crippen molar-refractivity contribution in [2.75, 3.05) is 28.4 Å². The second kappa shape index (κ2) is 13.0. The number of rotatable bonds is 12. The van der Waals surface area contributed by atoms with Crippen LogP contribution in [0.1, 0.15) is 38.5 Å². The van der Waals surface area contributed by atoms with Crippen molar-refractivity contribution in [3.8, 4) is 0 Å². The lowest BCUT2D eigenvalue weighted by Gasteiger charge is -2.12. The van der Waals surface area contributed by atoms with Crippen LogP contribution in [0, 0.1) is 0 Å². The number of unbranched alkanes of at least 4 members (excludes halogenated alkanes) is 2. The summed E-state index contributed by atoms with van der Waals surface area (Å²) in [5.74, 6) is 0. The van der Waals surface area contributed by atoms with Crippen LogP contribution < -0.4 is 0 Å². The van der Waals surface area contributed by atoms with Crippen molar-refractivity contribution in [3.05, 3.63) is 12.2 Å². The Morgan fingerprint density at radius 2 is 1.17 bits per heavy atom. The second-order valence-corrected chi connectivity index (χ2v) is 4.14. The molecule has 18 heavy (non-hydrogen) atoms. The predicted octanol–water partition coefficient (Wildman–Crippen LogP) is 3.12. The first-order valence-corrected chi connectivity index (χ1v) is 6.54. The quantitative estimate of drug-likeness (QED) is 0.307. The van der Waals surface area contributed by atoms with E-state index in [1.165, 1.54) is 0 Å². The van der Waals surface area contributed by atoms with Gasteiger partial charge in [0.2, 0.25) is 0 Å². The molecule has 0 aliphatic carbocycles. The largest absolute Gasteiger partial charge is 0.356 e. The molecular formula is C14H28O4. The molecule has 0 amide bonds. The van der Waals surface area contributed by atoms with E-state index in [0.29, 0.717) is 0 Å². The summed E-state index contributed by atoms with van der Waals surface area (Å²) >= 11 is 0. The Morgan fingerprint density at radius 3 is 1.72 bits per heavy atom. The highest BCUT2D eigenvalue weighted by molar-refractivity contribution is 4.81. The van der Waals surface area contributed by atoms with E-state index in [4.69, 9.17) is 18.9 Å². The molecule has 0 aromatic carbocycles. The van der Waals surface area contributed by atoms with E-state index in [1.54, 1.807) is 28.4 Å². The van der Waals surface area contributed by atoms with E-state index < -0.39 is 0 Å². The molecule has 0 N–H and O–H groups in total. The first-order chi connectivity index (χ1) is 8.78. The molecule has 0 unspecified atom stereocenters. The van der Waals surface area contributed by atoms with Gasteiger partial charge in [0.05, 0.1) is 0 Å². The van der Waals surface area contributed by atoms with Crippen LogP contribution in [0.3, 0.4) is 0 Å². The molecular weight excluding hydrogens is 232 g/mol. The summed E-state index contributed by atoms with van der Waals surface area (Å²) in [6, 6.07) is 0. The Morgan fingerprint density at radius 1 is 0.667 bits per heavy atom. The van der Waals surface area contributed by atoms with Gasteiger partial charge in [-0.05, 0) is 32.1 Å². The van der Waals surface area contributed by atoms with Crippen LogP contribution in [-0.2, 0) is 18.9 Å². The summed E-state index contributed by atoms with van der Waals surface area (Å²) in [6.45, 7) is 0. The maximum Gasteiger partial charge on any atom is 0.157 e. The molecule has 0 aromatic rings. The van der Waals surface area contributed by atoms with Crippen LogP contribution in [0.5, 0.6) is 0 Å². The van der Waals surface area contributed by atoms with E-state index in [0.717, 1.165) is 38.5 Å². The smallest absolute Gasteiger partial charge is 0.157 e. The second-order valence-electron chi connectivity index (χ2n) is 4.14. The summed E-state index contributed by atoms with van der Waals surface area (Å²) < 4.78 is 20.5. The minimum atomic E-state index is -0.0844. The molecule has 0 saturated carbocycles. The van der Waals surface area contributed by atoms with E-state index in [9.17, 15) is 0 Å². The molecule has 4 heteroatoms. The SMILES string of the molecule is COC(CC/C=C\CCCCC(OC)OC)OC. The molecule has 0 radical (unpaired) electrons. The zero-order valence-corrected chi connectivity index (χ0v) is 12.2. The van der Waals surface area contributed by atoms with Crippen molar-refractivity contribution in [2.45, 2.75) is 51.1 Å². The van der Waals surface area contributed by atoms with Gasteiger partial charge in [-0.3, -0.25) is 0 Å². The lowest BCUT2D eigenvalue weighted by molar-refractivity contribution is -0.107. The molecule has 0 spiro atoms. The topological polar surface area (TPSA) is 36.9 Å². The molecule has 0 rings (SSSR count). The van der Waals surface area contributed by atoms with Crippen molar-refractivity contribution in [3.63, 3.8) is 0 Å². The Balaban J connectivity index is 3.38. The minimum absolute atomic E-state index is 0.0573. The van der Waals surface area contributed by atoms with Crippen molar-refractivity contribution in [1.82, 2.24) is 0 Å². The Labute approximate surface area is 111 Å². The fourth-order valence-electron chi connectivity index (χ4n) is 1.71. The van der Waals surface area contributed by atoms with Gasteiger partial charge < -0.3 is 18.9 Å². The van der Waals surface area contributed by atoms with E-state index in [-0.39, 0.29) is 12.6 Å². The summed E-state index contributed by atoms with van der Waals surface area (Å²) in [4.78, 5) is 0. The first-order valence-electron chi connectivity index (χ1n) is 6.54. The molecule has 0 fully saturated rings. The molecule has 0 bridgehead atoms. The van der Waals surface area contributed by atoms with Gasteiger partial charge in [0, 0.05) is 34.9 Å². The van der Waals surface area contributed by atoms with Crippen LogP contribution in [-0.4, -0.2) is 41.0 Å². The highest BCUT2D eigenvalue weighted by Gasteiger charge is 2.03. The third-order valence-corrected chi connectivity index (χ3v) is 2.85. The lowest BCUT2D eigenvalue weighted by atomic mass is 10.1. The van der Waals surface area contributed by atoms with Crippen molar-refractivity contribution in [2.24, 2.45) is 0 Å². The highest BCUT2D eigenvalue weighted by Crippen LogP contribution is 2.08. The standard InChI is InChI=1S/C14H28O4/c1-15-13(16-2)11-9-7-5-6-8-10-12-14(17-3)18-4/h5,7,13-14H,6,8-12H2,1-4H3/b7-5-.